The lowest BCUT2D eigenvalue weighted by molar-refractivity contribution is 0.376. The van der Waals surface area contributed by atoms with Gasteiger partial charge in [-0.15, -0.1) is 9.24 Å². The first-order valence-corrected chi connectivity index (χ1v) is 11.0. The molecule has 0 heterocycles. The van der Waals surface area contributed by atoms with Crippen LogP contribution in [0.2, 0.25) is 0 Å². The number of hydrogen-bond donors (Lipinski definition) is 1. The van der Waals surface area contributed by atoms with Crippen molar-refractivity contribution in [3.05, 3.63) is 117 Å². The van der Waals surface area contributed by atoms with Gasteiger partial charge in [-0.1, -0.05) is 17.7 Å². The van der Waals surface area contributed by atoms with Gasteiger partial charge in [0.2, 0.25) is 5.82 Å². The first-order valence-electron chi connectivity index (χ1n) is 10.4. The molecule has 1 nitrogen and oxygen atoms in total. The molecule has 1 N–H and O–H groups in total. The molecule has 0 saturated heterocycles. The molecule has 0 saturated carbocycles. The van der Waals surface area contributed by atoms with E-state index in [1.807, 2.05) is 0 Å². The van der Waals surface area contributed by atoms with Gasteiger partial charge >= 0.3 is 0 Å². The summed E-state index contributed by atoms with van der Waals surface area (Å²) < 4.78 is 115. The minimum Gasteiger partial charge on any atom is -0.350 e. The Hall–Kier alpha value is -3.45. The summed E-state index contributed by atoms with van der Waals surface area (Å²) in [4.78, 5) is 0. The van der Waals surface area contributed by atoms with E-state index in [0.717, 1.165) is 24.3 Å². The Balaban J connectivity index is 2.06. The number of hydrogen-bond acceptors (Lipinski definition) is 1. The summed E-state index contributed by atoms with van der Waals surface area (Å²) in [7, 11) is 2.13. The van der Waals surface area contributed by atoms with Crippen LogP contribution in [0.3, 0.4) is 0 Å². The van der Waals surface area contributed by atoms with Gasteiger partial charge < -0.3 is 5.32 Å². The van der Waals surface area contributed by atoms with Crippen LogP contribution in [-0.4, -0.2) is 0 Å². The van der Waals surface area contributed by atoms with Gasteiger partial charge in [-0.3, -0.25) is 0 Å². The lowest BCUT2D eigenvalue weighted by Crippen LogP contribution is -2.11. The smallest absolute Gasteiger partial charge is 0.200 e. The molecule has 1 aliphatic carbocycles. The number of allylic oxidation sites excluding steroid dienone is 5. The van der Waals surface area contributed by atoms with Crippen molar-refractivity contribution in [2.45, 2.75) is 13.3 Å². The maximum absolute atomic E-state index is 15.0. The normalized spacial score (nSPS) is 14.7. The summed E-state index contributed by atoms with van der Waals surface area (Å²) in [5.41, 5.74) is -2.36. The zero-order chi connectivity index (χ0) is 26.3. The molecule has 10 heteroatoms. The Kier molecular flexibility index (Phi) is 7.05. The van der Waals surface area contributed by atoms with E-state index >= 15 is 0 Å². The largest absolute Gasteiger partial charge is 0.350 e. The van der Waals surface area contributed by atoms with Gasteiger partial charge in [0.15, 0.2) is 23.3 Å². The number of nitrogens with one attached hydrogen (secondary N) is 1. The van der Waals surface area contributed by atoms with Crippen molar-refractivity contribution in [1.29, 1.82) is 0 Å². The van der Waals surface area contributed by atoms with Crippen molar-refractivity contribution in [3.8, 4) is 0 Å². The fourth-order valence-corrected chi connectivity index (χ4v) is 4.15. The van der Waals surface area contributed by atoms with E-state index in [4.69, 9.17) is 0 Å². The molecule has 0 amide bonds. The van der Waals surface area contributed by atoms with E-state index in [1.54, 1.807) is 6.92 Å². The van der Waals surface area contributed by atoms with Gasteiger partial charge in [0.25, 0.3) is 0 Å². The predicted molar refractivity (Wildman–Crippen MR) is 125 cm³/mol. The van der Waals surface area contributed by atoms with Crippen molar-refractivity contribution in [2.75, 3.05) is 5.32 Å². The minimum absolute atomic E-state index is 0.117. The second-order valence-electron chi connectivity index (χ2n) is 8.01. The molecule has 0 aliphatic heterocycles. The van der Waals surface area contributed by atoms with E-state index < -0.39 is 63.4 Å². The SMILES string of the molecule is Cc1ccc(Nc2c(F)cc(P)cc2F)c(/C(=C2/C=C(F)C=CC2)c2c(F)c(F)c(F)c(F)c2F)c1. The molecule has 0 radical (unpaired) electrons. The highest BCUT2D eigenvalue weighted by molar-refractivity contribution is 7.27. The monoisotopic (exact) mass is 525 g/mol. The second-order valence-corrected chi connectivity index (χ2v) is 8.68. The number of aryl methyl sites for hydroxylation is 1. The summed E-state index contributed by atoms with van der Waals surface area (Å²) in [6.45, 7) is 1.58. The topological polar surface area (TPSA) is 12.0 Å². The van der Waals surface area contributed by atoms with Crippen LogP contribution < -0.4 is 10.6 Å². The van der Waals surface area contributed by atoms with Crippen LogP contribution in [0.5, 0.6) is 0 Å². The van der Waals surface area contributed by atoms with Crippen LogP contribution in [0, 0.1) is 47.6 Å². The Bertz CT molecular complexity index is 1440. The maximum Gasteiger partial charge on any atom is 0.200 e. The highest BCUT2D eigenvalue weighted by Crippen LogP contribution is 2.41. The van der Waals surface area contributed by atoms with Crippen molar-refractivity contribution < 1.29 is 35.1 Å². The van der Waals surface area contributed by atoms with Crippen LogP contribution in [0.4, 0.5) is 46.5 Å². The van der Waals surface area contributed by atoms with Crippen molar-refractivity contribution in [2.24, 2.45) is 0 Å². The Labute approximate surface area is 203 Å². The summed E-state index contributed by atoms with van der Waals surface area (Å²) in [5, 5.41) is 2.72. The van der Waals surface area contributed by atoms with E-state index in [1.165, 1.54) is 24.3 Å². The van der Waals surface area contributed by atoms with Crippen molar-refractivity contribution in [1.82, 2.24) is 0 Å². The molecule has 0 fully saturated rings. The van der Waals surface area contributed by atoms with Crippen molar-refractivity contribution >= 4 is 31.5 Å². The minimum atomic E-state index is -2.35. The van der Waals surface area contributed by atoms with Gasteiger partial charge in [-0.25, -0.2) is 35.1 Å². The van der Waals surface area contributed by atoms with E-state index in [0.29, 0.717) is 5.56 Å². The van der Waals surface area contributed by atoms with Gasteiger partial charge in [0, 0.05) is 16.8 Å². The molecule has 0 spiro atoms. The molecule has 1 atom stereocenters. The first kappa shape index (κ1) is 25.6. The molecule has 1 unspecified atom stereocenters. The van der Waals surface area contributed by atoms with Crippen LogP contribution in [0.25, 0.3) is 5.57 Å². The maximum atomic E-state index is 15.0. The van der Waals surface area contributed by atoms with Gasteiger partial charge in [-0.2, -0.15) is 0 Å². The average Bonchev–Trinajstić information content (AvgIpc) is 2.82. The third kappa shape index (κ3) is 4.67. The molecule has 3 aromatic carbocycles. The van der Waals surface area contributed by atoms with Crippen LogP contribution in [0.1, 0.15) is 23.1 Å². The van der Waals surface area contributed by atoms with E-state index in [9.17, 15) is 35.1 Å². The molecular weight excluding hydrogens is 509 g/mol. The fourth-order valence-electron chi connectivity index (χ4n) is 3.86. The van der Waals surface area contributed by atoms with E-state index in [-0.39, 0.29) is 28.5 Å². The van der Waals surface area contributed by atoms with Crippen LogP contribution in [-0.2, 0) is 0 Å². The number of rotatable bonds is 4. The lowest BCUT2D eigenvalue weighted by Gasteiger charge is -2.21. The Morgan fingerprint density at radius 3 is 1.97 bits per heavy atom. The Morgan fingerprint density at radius 2 is 1.39 bits per heavy atom. The average molecular weight is 525 g/mol. The van der Waals surface area contributed by atoms with Gasteiger partial charge in [0.1, 0.15) is 23.1 Å². The van der Waals surface area contributed by atoms with Gasteiger partial charge in [0.05, 0.1) is 5.56 Å². The highest BCUT2D eigenvalue weighted by Gasteiger charge is 2.31. The number of benzene rings is 3. The lowest BCUT2D eigenvalue weighted by atomic mass is 9.87. The Morgan fingerprint density at radius 1 is 0.806 bits per heavy atom. The molecule has 4 rings (SSSR count). The number of anilines is 2. The molecule has 186 valence electrons. The first-order chi connectivity index (χ1) is 17.0. The molecule has 0 aromatic heterocycles. The second kappa shape index (κ2) is 9.90. The molecule has 1 aliphatic rings. The highest BCUT2D eigenvalue weighted by atomic mass is 31.0. The zero-order valence-corrected chi connectivity index (χ0v) is 19.6. The van der Waals surface area contributed by atoms with Crippen molar-refractivity contribution in [3.63, 3.8) is 0 Å². The van der Waals surface area contributed by atoms with Crippen LogP contribution >= 0.6 is 9.24 Å². The number of halogens is 8. The summed E-state index contributed by atoms with van der Waals surface area (Å²) >= 11 is 0. The standard InChI is InChI=1S/C26H16F8NP/c1-11-5-6-18(35-26-16(28)9-14(36)10-17(26)29)15(7-11)19(12-3-2-4-13(27)8-12)20-21(30)23(32)25(34)24(33)22(20)31/h2,4-10,35H,3,36H2,1H3/b19-12-. The third-order valence-corrected chi connectivity index (χ3v) is 5.81. The van der Waals surface area contributed by atoms with Gasteiger partial charge in [-0.05, 0) is 60.6 Å². The predicted octanol–water partition coefficient (Wildman–Crippen LogP) is 7.83. The van der Waals surface area contributed by atoms with E-state index in [2.05, 4.69) is 14.6 Å². The molecule has 36 heavy (non-hydrogen) atoms. The summed E-state index contributed by atoms with van der Waals surface area (Å²) in [6, 6.07) is 6.18. The fraction of sp³-hybridized carbons (Fsp3) is 0.0769. The summed E-state index contributed by atoms with van der Waals surface area (Å²) in [6.07, 6.45) is 3.14. The summed E-state index contributed by atoms with van der Waals surface area (Å²) in [5.74, 6) is -13.8. The third-order valence-electron chi connectivity index (χ3n) is 5.48. The zero-order valence-electron chi connectivity index (χ0n) is 18.4. The van der Waals surface area contributed by atoms with Crippen LogP contribution in [0.15, 0.2) is 60.0 Å². The molecule has 0 bridgehead atoms. The molecule has 3 aromatic rings. The molecular formula is C26H16F8NP. The quantitative estimate of drug-likeness (QED) is 0.159.